The molecule has 0 atom stereocenters. The van der Waals surface area contributed by atoms with E-state index in [1.807, 2.05) is 12.1 Å². The number of carbonyl (C=O) groups excluding carboxylic acids is 1. The van der Waals surface area contributed by atoms with Crippen LogP contribution in [0.2, 0.25) is 0 Å². The Bertz CT molecular complexity index is 808. The van der Waals surface area contributed by atoms with Crippen molar-refractivity contribution in [2.24, 2.45) is 0 Å². The molecule has 0 amide bonds. The zero-order valence-electron chi connectivity index (χ0n) is 12.9. The van der Waals surface area contributed by atoms with E-state index in [1.165, 1.54) is 19.4 Å². The molecule has 1 aliphatic rings. The Balaban J connectivity index is 2.01. The van der Waals surface area contributed by atoms with Crippen molar-refractivity contribution in [3.63, 3.8) is 0 Å². The minimum absolute atomic E-state index is 0.406. The van der Waals surface area contributed by atoms with Crippen molar-refractivity contribution in [2.45, 2.75) is 19.0 Å². The monoisotopic (exact) mass is 333 g/mol. The number of alkyl halides is 3. The van der Waals surface area contributed by atoms with E-state index in [2.05, 4.69) is 4.98 Å². The van der Waals surface area contributed by atoms with E-state index in [0.717, 1.165) is 35.6 Å². The largest absolute Gasteiger partial charge is 0.465 e. The van der Waals surface area contributed by atoms with Gasteiger partial charge < -0.3 is 4.74 Å². The van der Waals surface area contributed by atoms with Gasteiger partial charge in [-0.1, -0.05) is 18.2 Å². The van der Waals surface area contributed by atoms with E-state index in [-0.39, 0.29) is 0 Å². The summed E-state index contributed by atoms with van der Waals surface area (Å²) >= 11 is 0. The highest BCUT2D eigenvalue weighted by Crippen LogP contribution is 2.34. The molecule has 24 heavy (non-hydrogen) atoms. The molecule has 2 aromatic rings. The minimum Gasteiger partial charge on any atom is -0.465 e. The van der Waals surface area contributed by atoms with Crippen LogP contribution in [-0.2, 0) is 17.3 Å². The van der Waals surface area contributed by atoms with Crippen LogP contribution < -0.4 is 0 Å². The maximum absolute atomic E-state index is 12.7. The smallest absolute Gasteiger partial charge is 0.433 e. The van der Waals surface area contributed by atoms with Gasteiger partial charge >= 0.3 is 12.1 Å². The first kappa shape index (κ1) is 16.2. The number of carbonyl (C=O) groups is 1. The molecule has 0 radical (unpaired) electrons. The number of esters is 1. The molecule has 124 valence electrons. The van der Waals surface area contributed by atoms with Crippen molar-refractivity contribution in [3.8, 4) is 0 Å². The summed E-state index contributed by atoms with van der Waals surface area (Å²) < 4.78 is 42.7. The molecule has 1 aliphatic carbocycles. The lowest BCUT2D eigenvalue weighted by Crippen LogP contribution is -2.09. The predicted molar refractivity (Wildman–Crippen MR) is 82.4 cm³/mol. The first-order chi connectivity index (χ1) is 11.4. The Labute approximate surface area is 136 Å². The molecule has 3 rings (SSSR count). The maximum atomic E-state index is 12.7. The van der Waals surface area contributed by atoms with E-state index < -0.39 is 17.8 Å². The van der Waals surface area contributed by atoms with E-state index in [0.29, 0.717) is 11.1 Å². The van der Waals surface area contributed by atoms with Crippen molar-refractivity contribution in [1.82, 2.24) is 4.98 Å². The average molecular weight is 333 g/mol. The summed E-state index contributed by atoms with van der Waals surface area (Å²) in [6, 6.07) is 7.63. The summed E-state index contributed by atoms with van der Waals surface area (Å²) in [4.78, 5) is 15.2. The summed E-state index contributed by atoms with van der Waals surface area (Å²) in [5, 5.41) is 0. The van der Waals surface area contributed by atoms with Gasteiger partial charge in [-0.3, -0.25) is 4.98 Å². The van der Waals surface area contributed by atoms with Crippen molar-refractivity contribution in [2.75, 3.05) is 7.11 Å². The molecular weight excluding hydrogens is 319 g/mol. The Morgan fingerprint density at radius 1 is 1.21 bits per heavy atom. The lowest BCUT2D eigenvalue weighted by molar-refractivity contribution is -0.141. The highest BCUT2D eigenvalue weighted by molar-refractivity contribution is 5.92. The Morgan fingerprint density at radius 3 is 2.62 bits per heavy atom. The van der Waals surface area contributed by atoms with Crippen LogP contribution in [0.15, 0.2) is 42.6 Å². The molecule has 1 aromatic carbocycles. The van der Waals surface area contributed by atoms with E-state index in [4.69, 9.17) is 4.74 Å². The highest BCUT2D eigenvalue weighted by Gasteiger charge is 2.32. The molecule has 0 saturated carbocycles. The second-order valence-corrected chi connectivity index (χ2v) is 5.45. The molecule has 0 unspecified atom stereocenters. The second-order valence-electron chi connectivity index (χ2n) is 5.45. The number of pyridine rings is 1. The topological polar surface area (TPSA) is 39.2 Å². The van der Waals surface area contributed by atoms with Gasteiger partial charge in [0, 0.05) is 11.8 Å². The molecule has 1 heterocycles. The number of nitrogens with zero attached hydrogens (tertiary/aromatic N) is 1. The lowest BCUT2D eigenvalue weighted by Gasteiger charge is -2.19. The van der Waals surface area contributed by atoms with Crippen LogP contribution in [0.5, 0.6) is 0 Å². The van der Waals surface area contributed by atoms with Gasteiger partial charge in [0.25, 0.3) is 0 Å². The summed E-state index contributed by atoms with van der Waals surface area (Å²) in [5.41, 5.74) is 2.72. The standard InChI is InChI=1S/C18H14F3NO2/c1-24-17(23)12-6-5-11-3-2-4-14(15(11)9-12)13-7-8-16(22-10-13)18(19,20)21/h4-10H,2-3H2,1H3. The third-order valence-corrected chi connectivity index (χ3v) is 3.95. The molecular formula is C18H14F3NO2. The third kappa shape index (κ3) is 3.04. The van der Waals surface area contributed by atoms with Crippen molar-refractivity contribution >= 4 is 11.5 Å². The van der Waals surface area contributed by atoms with Gasteiger partial charge in [0.05, 0.1) is 12.7 Å². The maximum Gasteiger partial charge on any atom is 0.433 e. The lowest BCUT2D eigenvalue weighted by atomic mass is 9.86. The fourth-order valence-corrected chi connectivity index (χ4v) is 2.77. The molecule has 6 heteroatoms. The first-order valence-electron chi connectivity index (χ1n) is 7.35. The van der Waals surface area contributed by atoms with Gasteiger partial charge in [-0.2, -0.15) is 13.2 Å². The SMILES string of the molecule is COC(=O)c1ccc2c(c1)C(c1ccc(C(F)(F)F)nc1)=CCC2. The highest BCUT2D eigenvalue weighted by atomic mass is 19.4. The number of benzene rings is 1. The molecule has 3 nitrogen and oxygen atoms in total. The van der Waals surface area contributed by atoms with Gasteiger partial charge in [-0.15, -0.1) is 0 Å². The Hall–Kier alpha value is -2.63. The average Bonchev–Trinajstić information content (AvgIpc) is 2.59. The van der Waals surface area contributed by atoms with E-state index >= 15 is 0 Å². The third-order valence-electron chi connectivity index (χ3n) is 3.95. The van der Waals surface area contributed by atoms with Crippen LogP contribution in [0.25, 0.3) is 5.57 Å². The predicted octanol–water partition coefficient (Wildman–Crippen LogP) is 4.26. The molecule has 0 fully saturated rings. The van der Waals surface area contributed by atoms with Crippen molar-refractivity contribution < 1.29 is 22.7 Å². The van der Waals surface area contributed by atoms with E-state index in [9.17, 15) is 18.0 Å². The molecule has 0 N–H and O–H groups in total. The number of hydrogen-bond acceptors (Lipinski definition) is 3. The van der Waals surface area contributed by atoms with Crippen LogP contribution >= 0.6 is 0 Å². The number of aryl methyl sites for hydroxylation is 1. The fourth-order valence-electron chi connectivity index (χ4n) is 2.77. The van der Waals surface area contributed by atoms with Crippen molar-refractivity contribution in [1.29, 1.82) is 0 Å². The number of aromatic nitrogens is 1. The van der Waals surface area contributed by atoms with Gasteiger partial charge in [-0.05, 0) is 47.7 Å². The van der Waals surface area contributed by atoms with Crippen LogP contribution in [0.3, 0.4) is 0 Å². The summed E-state index contributed by atoms with van der Waals surface area (Å²) in [5.74, 6) is -0.451. The summed E-state index contributed by atoms with van der Waals surface area (Å²) in [7, 11) is 1.30. The molecule has 0 aliphatic heterocycles. The van der Waals surface area contributed by atoms with Crippen LogP contribution in [0, 0.1) is 0 Å². The number of ether oxygens (including phenoxy) is 1. The van der Waals surface area contributed by atoms with Crippen LogP contribution in [0.1, 0.15) is 39.2 Å². The summed E-state index contributed by atoms with van der Waals surface area (Å²) in [6.07, 6.45) is 0.299. The zero-order chi connectivity index (χ0) is 17.3. The van der Waals surface area contributed by atoms with Gasteiger partial charge in [0.1, 0.15) is 5.69 Å². The van der Waals surface area contributed by atoms with E-state index in [1.54, 1.807) is 12.1 Å². The van der Waals surface area contributed by atoms with Crippen molar-refractivity contribution in [3.05, 3.63) is 70.6 Å². The number of rotatable bonds is 2. The van der Waals surface area contributed by atoms with Crippen LogP contribution in [0.4, 0.5) is 13.2 Å². The number of halogens is 3. The quantitative estimate of drug-likeness (QED) is 0.771. The molecule has 0 bridgehead atoms. The summed E-state index contributed by atoms with van der Waals surface area (Å²) in [6.45, 7) is 0. The Kier molecular flexibility index (Phi) is 4.13. The van der Waals surface area contributed by atoms with Gasteiger partial charge in [0.15, 0.2) is 0 Å². The number of methoxy groups -OCH3 is 1. The van der Waals surface area contributed by atoms with Gasteiger partial charge in [0.2, 0.25) is 0 Å². The fraction of sp³-hybridized carbons (Fsp3) is 0.222. The first-order valence-corrected chi connectivity index (χ1v) is 7.35. The molecule has 0 saturated heterocycles. The van der Waals surface area contributed by atoms with Gasteiger partial charge in [-0.25, -0.2) is 4.79 Å². The number of fused-ring (bicyclic) bond motifs is 1. The molecule has 0 spiro atoms. The Morgan fingerprint density at radius 2 is 2.00 bits per heavy atom. The number of hydrogen-bond donors (Lipinski definition) is 0. The van der Waals surface area contributed by atoms with Crippen LogP contribution in [-0.4, -0.2) is 18.1 Å². The zero-order valence-corrected chi connectivity index (χ0v) is 12.9. The second kappa shape index (κ2) is 6.11. The number of allylic oxidation sites excluding steroid dienone is 1. The normalized spacial score (nSPS) is 13.9. The molecule has 1 aromatic heterocycles. The minimum atomic E-state index is -4.46.